The predicted molar refractivity (Wildman–Crippen MR) is 79.9 cm³/mol. The lowest BCUT2D eigenvalue weighted by Gasteiger charge is -2.30. The van der Waals surface area contributed by atoms with Gasteiger partial charge in [0, 0.05) is 38.8 Å². The third-order valence-electron chi connectivity index (χ3n) is 3.26. The molecule has 0 saturated heterocycles. The summed E-state index contributed by atoms with van der Waals surface area (Å²) in [5, 5.41) is 2.06. The molecule has 2 N–H and O–H groups in total. The van der Waals surface area contributed by atoms with Gasteiger partial charge in [0.2, 0.25) is 0 Å². The summed E-state index contributed by atoms with van der Waals surface area (Å²) in [7, 11) is 1.65. The highest BCUT2D eigenvalue weighted by Gasteiger charge is 2.28. The Bertz CT molecular complexity index is 599. The molecular weight excluding hydrogens is 326 g/mol. The number of benzene rings is 1. The van der Waals surface area contributed by atoms with E-state index in [4.69, 9.17) is 15.2 Å². The first-order valence-corrected chi connectivity index (χ1v) is 7.68. The van der Waals surface area contributed by atoms with Gasteiger partial charge in [-0.05, 0) is 28.1 Å². The zero-order chi connectivity index (χ0) is 13.4. The molecule has 3 rings (SSSR count). The molecule has 2 atom stereocenters. The Kier molecular flexibility index (Phi) is 3.52. The molecule has 100 valence electrons. The molecule has 2 heterocycles. The van der Waals surface area contributed by atoms with E-state index in [1.165, 1.54) is 4.88 Å². The van der Waals surface area contributed by atoms with E-state index in [9.17, 15) is 0 Å². The maximum Gasteiger partial charge on any atom is 0.135 e. The Morgan fingerprint density at radius 3 is 2.95 bits per heavy atom. The SMILES string of the molecule is COc1ccc2c(c1)OC(c1cc(Br)cs1)CC2N. The molecule has 3 nitrogen and oxygen atoms in total. The first-order chi connectivity index (χ1) is 9.17. The van der Waals surface area contributed by atoms with Gasteiger partial charge < -0.3 is 15.2 Å². The number of halogens is 1. The Morgan fingerprint density at radius 2 is 2.26 bits per heavy atom. The van der Waals surface area contributed by atoms with Gasteiger partial charge in [-0.15, -0.1) is 11.3 Å². The highest BCUT2D eigenvalue weighted by Crippen LogP contribution is 2.42. The van der Waals surface area contributed by atoms with Crippen LogP contribution in [0.15, 0.2) is 34.1 Å². The highest BCUT2D eigenvalue weighted by molar-refractivity contribution is 9.10. The van der Waals surface area contributed by atoms with Crippen molar-refractivity contribution >= 4 is 27.3 Å². The van der Waals surface area contributed by atoms with E-state index in [-0.39, 0.29) is 12.1 Å². The van der Waals surface area contributed by atoms with Crippen LogP contribution in [-0.4, -0.2) is 7.11 Å². The van der Waals surface area contributed by atoms with Crippen LogP contribution in [0.2, 0.25) is 0 Å². The van der Waals surface area contributed by atoms with E-state index < -0.39 is 0 Å². The van der Waals surface area contributed by atoms with Crippen LogP contribution in [0.3, 0.4) is 0 Å². The second kappa shape index (κ2) is 5.15. The van der Waals surface area contributed by atoms with Crippen molar-refractivity contribution in [1.82, 2.24) is 0 Å². The molecule has 19 heavy (non-hydrogen) atoms. The molecule has 1 aliphatic rings. The molecule has 0 amide bonds. The summed E-state index contributed by atoms with van der Waals surface area (Å²) in [4.78, 5) is 1.19. The molecule has 0 fully saturated rings. The minimum absolute atomic E-state index is 0.000492. The topological polar surface area (TPSA) is 44.5 Å². The summed E-state index contributed by atoms with van der Waals surface area (Å²) < 4.78 is 12.4. The van der Waals surface area contributed by atoms with Crippen molar-refractivity contribution in [3.63, 3.8) is 0 Å². The first kappa shape index (κ1) is 13.0. The van der Waals surface area contributed by atoms with E-state index in [2.05, 4.69) is 27.4 Å². The molecule has 0 bridgehead atoms. The third kappa shape index (κ3) is 2.50. The molecule has 5 heteroatoms. The first-order valence-electron chi connectivity index (χ1n) is 6.01. The van der Waals surface area contributed by atoms with Crippen molar-refractivity contribution in [1.29, 1.82) is 0 Å². The van der Waals surface area contributed by atoms with Gasteiger partial charge >= 0.3 is 0 Å². The average Bonchev–Trinajstić information content (AvgIpc) is 2.84. The minimum Gasteiger partial charge on any atom is -0.497 e. The number of hydrogen-bond donors (Lipinski definition) is 1. The lowest BCUT2D eigenvalue weighted by atomic mass is 9.96. The number of methoxy groups -OCH3 is 1. The lowest BCUT2D eigenvalue weighted by molar-refractivity contribution is 0.164. The quantitative estimate of drug-likeness (QED) is 0.897. The predicted octanol–water partition coefficient (Wildman–Crippen LogP) is 4.04. The van der Waals surface area contributed by atoms with Crippen LogP contribution in [0.1, 0.15) is 29.0 Å². The van der Waals surface area contributed by atoms with Gasteiger partial charge in [0.1, 0.15) is 17.6 Å². The van der Waals surface area contributed by atoms with Crippen LogP contribution in [0.5, 0.6) is 11.5 Å². The van der Waals surface area contributed by atoms with Crippen LogP contribution in [0, 0.1) is 0 Å². The number of thiophene rings is 1. The van der Waals surface area contributed by atoms with Gasteiger partial charge in [-0.1, -0.05) is 6.07 Å². The van der Waals surface area contributed by atoms with E-state index in [0.29, 0.717) is 0 Å². The Hall–Kier alpha value is -1.04. The number of fused-ring (bicyclic) bond motifs is 1. The third-order valence-corrected chi connectivity index (χ3v) is 5.05. The molecule has 0 aliphatic carbocycles. The van der Waals surface area contributed by atoms with Gasteiger partial charge in [-0.3, -0.25) is 0 Å². The molecule has 2 unspecified atom stereocenters. The fraction of sp³-hybridized carbons (Fsp3) is 0.286. The maximum atomic E-state index is 6.24. The molecule has 0 radical (unpaired) electrons. The molecule has 1 aliphatic heterocycles. The smallest absolute Gasteiger partial charge is 0.135 e. The van der Waals surface area contributed by atoms with Gasteiger partial charge in [0.15, 0.2) is 0 Å². The molecule has 0 spiro atoms. The zero-order valence-electron chi connectivity index (χ0n) is 10.4. The van der Waals surface area contributed by atoms with Crippen molar-refractivity contribution in [2.45, 2.75) is 18.6 Å². The van der Waals surface area contributed by atoms with Gasteiger partial charge in [0.25, 0.3) is 0 Å². The second-order valence-corrected chi connectivity index (χ2v) is 6.38. The lowest BCUT2D eigenvalue weighted by Crippen LogP contribution is -2.23. The zero-order valence-corrected chi connectivity index (χ0v) is 12.8. The Labute approximate surface area is 124 Å². The van der Waals surface area contributed by atoms with E-state index in [1.54, 1.807) is 18.4 Å². The molecule has 0 saturated carbocycles. The van der Waals surface area contributed by atoms with Crippen LogP contribution < -0.4 is 15.2 Å². The van der Waals surface area contributed by atoms with E-state index in [1.807, 2.05) is 18.2 Å². The number of hydrogen-bond acceptors (Lipinski definition) is 4. The Morgan fingerprint density at radius 1 is 1.42 bits per heavy atom. The molecular formula is C14H14BrNO2S. The Balaban J connectivity index is 1.93. The minimum atomic E-state index is 0.000492. The summed E-state index contributed by atoms with van der Waals surface area (Å²) >= 11 is 5.16. The fourth-order valence-corrected chi connectivity index (χ4v) is 3.77. The van der Waals surface area contributed by atoms with Crippen molar-refractivity contribution in [2.24, 2.45) is 5.73 Å². The summed E-state index contributed by atoms with van der Waals surface area (Å²) in [5.74, 6) is 1.62. The van der Waals surface area contributed by atoms with Crippen molar-refractivity contribution in [2.75, 3.05) is 7.11 Å². The summed E-state index contributed by atoms with van der Waals surface area (Å²) in [5.41, 5.74) is 7.29. The van der Waals surface area contributed by atoms with Crippen LogP contribution in [-0.2, 0) is 0 Å². The number of ether oxygens (including phenoxy) is 2. The summed E-state index contributed by atoms with van der Waals surface area (Å²) in [6.45, 7) is 0. The molecule has 2 aromatic rings. The van der Waals surface area contributed by atoms with Crippen molar-refractivity contribution in [3.8, 4) is 11.5 Å². The molecule has 1 aromatic heterocycles. The average molecular weight is 340 g/mol. The highest BCUT2D eigenvalue weighted by atomic mass is 79.9. The van der Waals surface area contributed by atoms with Crippen molar-refractivity contribution < 1.29 is 9.47 Å². The summed E-state index contributed by atoms with van der Waals surface area (Å²) in [6, 6.07) is 7.90. The monoisotopic (exact) mass is 339 g/mol. The number of rotatable bonds is 2. The van der Waals surface area contributed by atoms with Crippen LogP contribution in [0.25, 0.3) is 0 Å². The van der Waals surface area contributed by atoms with E-state index in [0.717, 1.165) is 28.0 Å². The normalized spacial score (nSPS) is 21.6. The van der Waals surface area contributed by atoms with E-state index >= 15 is 0 Å². The largest absolute Gasteiger partial charge is 0.497 e. The van der Waals surface area contributed by atoms with Gasteiger partial charge in [-0.25, -0.2) is 0 Å². The summed E-state index contributed by atoms with van der Waals surface area (Å²) in [6.07, 6.45) is 0.817. The van der Waals surface area contributed by atoms with Gasteiger partial charge in [-0.2, -0.15) is 0 Å². The standard InChI is InChI=1S/C14H14BrNO2S/c1-17-9-2-3-10-11(16)6-13(18-12(10)5-9)14-4-8(15)7-19-14/h2-5,7,11,13H,6,16H2,1H3. The van der Waals surface area contributed by atoms with Gasteiger partial charge in [0.05, 0.1) is 7.11 Å². The second-order valence-electron chi connectivity index (χ2n) is 4.52. The molecule has 1 aromatic carbocycles. The van der Waals surface area contributed by atoms with Crippen LogP contribution >= 0.6 is 27.3 Å². The number of nitrogens with two attached hydrogens (primary N) is 1. The fourth-order valence-electron chi connectivity index (χ4n) is 2.28. The van der Waals surface area contributed by atoms with Crippen LogP contribution in [0.4, 0.5) is 0 Å². The maximum absolute atomic E-state index is 6.24. The van der Waals surface area contributed by atoms with Crippen molar-refractivity contribution in [3.05, 3.63) is 44.6 Å².